The molecule has 0 spiro atoms. The summed E-state index contributed by atoms with van der Waals surface area (Å²) in [5, 5.41) is 14.8. The Bertz CT molecular complexity index is 1850. The molecule has 0 atom stereocenters. The summed E-state index contributed by atoms with van der Waals surface area (Å²) in [7, 11) is 1.36. The number of carbonyl (C=O) groups excluding carboxylic acids is 1. The van der Waals surface area contributed by atoms with Gasteiger partial charge in [0.1, 0.15) is 16.9 Å². The first-order valence-corrected chi connectivity index (χ1v) is 10.8. The van der Waals surface area contributed by atoms with Gasteiger partial charge in [0.25, 0.3) is 0 Å². The van der Waals surface area contributed by atoms with Gasteiger partial charge in [-0.05, 0) is 70.9 Å². The summed E-state index contributed by atoms with van der Waals surface area (Å²) in [6.07, 6.45) is 0. The number of aromatic hydroxyl groups is 1. The Kier molecular flexibility index (Phi) is 4.39. The molecule has 1 aromatic heterocycles. The summed E-state index contributed by atoms with van der Waals surface area (Å²) in [6, 6.07) is 25.0. The van der Waals surface area contributed by atoms with Crippen LogP contribution < -0.4 is 5.43 Å². The molecule has 5 heteroatoms. The van der Waals surface area contributed by atoms with Crippen molar-refractivity contribution in [1.82, 2.24) is 0 Å². The van der Waals surface area contributed by atoms with Crippen LogP contribution in [0.15, 0.2) is 94.1 Å². The molecule has 1 N–H and O–H groups in total. The Morgan fingerprint density at radius 3 is 2.09 bits per heavy atom. The molecule has 5 aromatic carbocycles. The second-order valence-corrected chi connectivity index (χ2v) is 8.19. The van der Waals surface area contributed by atoms with Crippen LogP contribution in [0.5, 0.6) is 5.75 Å². The quantitative estimate of drug-likeness (QED) is 0.189. The first-order chi connectivity index (χ1) is 16.5. The van der Waals surface area contributed by atoms with Crippen LogP contribution in [0.3, 0.4) is 0 Å². The van der Waals surface area contributed by atoms with Gasteiger partial charge < -0.3 is 14.3 Å². The van der Waals surface area contributed by atoms with Crippen LogP contribution in [0.25, 0.3) is 54.6 Å². The van der Waals surface area contributed by atoms with E-state index in [0.717, 1.165) is 43.4 Å². The number of esters is 1. The highest BCUT2D eigenvalue weighted by molar-refractivity contribution is 6.20. The third kappa shape index (κ3) is 2.94. The minimum Gasteiger partial charge on any atom is -0.508 e. The van der Waals surface area contributed by atoms with Gasteiger partial charge in [-0.25, -0.2) is 4.79 Å². The second-order valence-electron chi connectivity index (χ2n) is 8.19. The third-order valence-electron chi connectivity index (χ3n) is 6.24. The molecular weight excluding hydrogens is 428 g/mol. The van der Waals surface area contributed by atoms with Crippen molar-refractivity contribution in [3.8, 4) is 16.9 Å². The standard InChI is InChI=1S/C29H18O5/c1-33-29(32)23-5-3-2-4-22(23)26-24-10-6-16-14-18(30)8-12-20(16)27(24)34-28-21-13-9-19(31)15-17(21)7-11-25(26)28/h2-15,30H,1H3. The lowest BCUT2D eigenvalue weighted by Gasteiger charge is -2.16. The van der Waals surface area contributed by atoms with E-state index < -0.39 is 5.97 Å². The van der Waals surface area contributed by atoms with Crippen molar-refractivity contribution in [2.75, 3.05) is 7.11 Å². The van der Waals surface area contributed by atoms with E-state index in [1.807, 2.05) is 42.5 Å². The molecule has 0 radical (unpaired) electrons. The van der Waals surface area contributed by atoms with Crippen molar-refractivity contribution in [3.05, 3.63) is 101 Å². The van der Waals surface area contributed by atoms with E-state index >= 15 is 0 Å². The average molecular weight is 446 g/mol. The topological polar surface area (TPSA) is 76.7 Å². The number of fused-ring (bicyclic) bond motifs is 6. The summed E-state index contributed by atoms with van der Waals surface area (Å²) in [5.74, 6) is -0.266. The van der Waals surface area contributed by atoms with Crippen molar-refractivity contribution in [2.24, 2.45) is 0 Å². The van der Waals surface area contributed by atoms with E-state index in [2.05, 4.69) is 0 Å². The lowest BCUT2D eigenvalue weighted by Crippen LogP contribution is -2.04. The smallest absolute Gasteiger partial charge is 0.338 e. The minimum atomic E-state index is -0.430. The van der Waals surface area contributed by atoms with E-state index in [-0.39, 0.29) is 11.2 Å². The van der Waals surface area contributed by atoms with Crippen molar-refractivity contribution in [2.45, 2.75) is 0 Å². The van der Waals surface area contributed by atoms with Gasteiger partial charge in [-0.3, -0.25) is 4.79 Å². The van der Waals surface area contributed by atoms with Crippen molar-refractivity contribution >= 4 is 49.5 Å². The highest BCUT2D eigenvalue weighted by Crippen LogP contribution is 2.42. The predicted octanol–water partition coefficient (Wildman–Crippen LogP) is 6.41. The Morgan fingerprint density at radius 2 is 1.38 bits per heavy atom. The first-order valence-electron chi connectivity index (χ1n) is 10.8. The predicted molar refractivity (Wildman–Crippen MR) is 133 cm³/mol. The number of phenolic OH excluding ortho intramolecular Hbond substituents is 1. The Balaban J connectivity index is 1.88. The van der Waals surface area contributed by atoms with E-state index in [9.17, 15) is 14.7 Å². The summed E-state index contributed by atoms with van der Waals surface area (Å²) in [4.78, 5) is 24.6. The molecule has 164 valence electrons. The molecule has 0 aliphatic rings. The molecule has 0 aliphatic carbocycles. The van der Waals surface area contributed by atoms with E-state index in [1.165, 1.54) is 13.2 Å². The molecule has 0 bridgehead atoms. The monoisotopic (exact) mass is 446 g/mol. The van der Waals surface area contributed by atoms with Crippen LogP contribution in [0.1, 0.15) is 10.4 Å². The highest BCUT2D eigenvalue weighted by atomic mass is 16.5. The van der Waals surface area contributed by atoms with Crippen LogP contribution in [-0.4, -0.2) is 18.2 Å². The molecule has 0 saturated heterocycles. The normalized spacial score (nSPS) is 11.4. The Labute approximate surface area is 193 Å². The molecule has 5 nitrogen and oxygen atoms in total. The molecule has 0 unspecified atom stereocenters. The zero-order chi connectivity index (χ0) is 23.4. The fourth-order valence-corrected chi connectivity index (χ4v) is 4.71. The largest absolute Gasteiger partial charge is 0.508 e. The van der Waals surface area contributed by atoms with E-state index in [0.29, 0.717) is 16.7 Å². The zero-order valence-electron chi connectivity index (χ0n) is 18.2. The van der Waals surface area contributed by atoms with E-state index in [1.54, 1.807) is 36.4 Å². The molecule has 0 amide bonds. The summed E-state index contributed by atoms with van der Waals surface area (Å²) in [5.41, 5.74) is 3.15. The van der Waals surface area contributed by atoms with Gasteiger partial charge >= 0.3 is 5.97 Å². The number of benzene rings is 5. The van der Waals surface area contributed by atoms with Gasteiger partial charge in [0.05, 0.1) is 12.7 Å². The lowest BCUT2D eigenvalue weighted by molar-refractivity contribution is 0.0601. The average Bonchev–Trinajstić information content (AvgIpc) is 2.86. The first kappa shape index (κ1) is 20.0. The zero-order valence-corrected chi connectivity index (χ0v) is 18.2. The van der Waals surface area contributed by atoms with Gasteiger partial charge in [0.2, 0.25) is 0 Å². The summed E-state index contributed by atoms with van der Waals surface area (Å²) < 4.78 is 11.6. The molecule has 0 saturated carbocycles. The lowest BCUT2D eigenvalue weighted by atomic mass is 9.91. The molecule has 6 aromatic rings. The number of rotatable bonds is 2. The molecule has 34 heavy (non-hydrogen) atoms. The fraction of sp³-hybridized carbons (Fsp3) is 0.0345. The van der Waals surface area contributed by atoms with Gasteiger partial charge in [-0.15, -0.1) is 0 Å². The number of hydrogen-bond donors (Lipinski definition) is 1. The Hall–Kier alpha value is -4.64. The fourth-order valence-electron chi connectivity index (χ4n) is 4.71. The van der Waals surface area contributed by atoms with Crippen LogP contribution in [-0.2, 0) is 4.74 Å². The summed E-state index contributed by atoms with van der Waals surface area (Å²) in [6.45, 7) is 0. The summed E-state index contributed by atoms with van der Waals surface area (Å²) >= 11 is 0. The van der Waals surface area contributed by atoms with Gasteiger partial charge in [0, 0.05) is 27.1 Å². The minimum absolute atomic E-state index is 0.0789. The third-order valence-corrected chi connectivity index (χ3v) is 6.24. The van der Waals surface area contributed by atoms with Gasteiger partial charge in [-0.2, -0.15) is 0 Å². The van der Waals surface area contributed by atoms with Crippen molar-refractivity contribution < 1.29 is 19.1 Å². The maximum atomic E-state index is 12.7. The molecular formula is C29H18O5. The van der Waals surface area contributed by atoms with E-state index in [4.69, 9.17) is 9.15 Å². The van der Waals surface area contributed by atoms with Crippen LogP contribution in [0.2, 0.25) is 0 Å². The van der Waals surface area contributed by atoms with Crippen molar-refractivity contribution in [1.29, 1.82) is 0 Å². The van der Waals surface area contributed by atoms with Gasteiger partial charge in [0.15, 0.2) is 5.43 Å². The highest BCUT2D eigenvalue weighted by Gasteiger charge is 2.21. The number of phenols is 1. The maximum absolute atomic E-state index is 12.7. The molecule has 6 rings (SSSR count). The number of ether oxygens (including phenoxy) is 1. The second kappa shape index (κ2) is 7.46. The number of carbonyl (C=O) groups is 1. The molecule has 0 fully saturated rings. The van der Waals surface area contributed by atoms with Crippen LogP contribution >= 0.6 is 0 Å². The number of hydrogen-bond acceptors (Lipinski definition) is 5. The maximum Gasteiger partial charge on any atom is 0.338 e. The Morgan fingerprint density at radius 1 is 0.765 bits per heavy atom. The van der Waals surface area contributed by atoms with Gasteiger partial charge in [-0.1, -0.05) is 30.3 Å². The van der Waals surface area contributed by atoms with Crippen LogP contribution in [0, 0.1) is 0 Å². The van der Waals surface area contributed by atoms with Crippen LogP contribution in [0.4, 0.5) is 0 Å². The number of methoxy groups -OCH3 is 1. The SMILES string of the molecule is COC(=O)c1ccccc1-c1c2ccc3cc(O)ccc3c2oc2c1ccc1cc(=O)ccc12. The molecule has 0 aliphatic heterocycles. The van der Waals surface area contributed by atoms with Crippen molar-refractivity contribution in [3.63, 3.8) is 0 Å². The molecule has 1 heterocycles.